The second kappa shape index (κ2) is 4.74. The summed E-state index contributed by atoms with van der Waals surface area (Å²) >= 11 is 0. The average Bonchev–Trinajstić information content (AvgIpc) is 2.41. The van der Waals surface area contributed by atoms with E-state index in [-0.39, 0.29) is 5.75 Å². The van der Waals surface area contributed by atoms with Gasteiger partial charge in [-0.25, -0.2) is 4.39 Å². The van der Waals surface area contributed by atoms with Crippen molar-refractivity contribution < 1.29 is 9.13 Å². The summed E-state index contributed by atoms with van der Waals surface area (Å²) in [5.74, 6) is 0.229. The summed E-state index contributed by atoms with van der Waals surface area (Å²) in [6, 6.07) is 15.4. The predicted octanol–water partition coefficient (Wildman–Crippen LogP) is 3.94. The number of ether oxygens (including phenoxy) is 1. The van der Waals surface area contributed by atoms with Crippen molar-refractivity contribution in [3.05, 3.63) is 60.4 Å². The van der Waals surface area contributed by atoms with Crippen molar-refractivity contribution in [1.29, 1.82) is 0 Å². The zero-order chi connectivity index (χ0) is 14.1. The molecule has 0 fully saturated rings. The zero-order valence-electron chi connectivity index (χ0n) is 10.6. The van der Waals surface area contributed by atoms with E-state index in [0.29, 0.717) is 17.1 Å². The molecule has 0 atom stereocenters. The molecule has 0 unspecified atom stereocenters. The van der Waals surface area contributed by atoms with E-state index in [1.54, 1.807) is 18.2 Å². The molecule has 0 aliphatic rings. The van der Waals surface area contributed by atoms with Crippen LogP contribution in [-0.4, -0.2) is 0 Å². The first-order valence-corrected chi connectivity index (χ1v) is 6.14. The molecule has 0 bridgehead atoms. The molecule has 4 heteroatoms. The molecule has 0 radical (unpaired) electrons. The maximum absolute atomic E-state index is 13.8. The molecule has 0 aliphatic carbocycles. The van der Waals surface area contributed by atoms with Crippen molar-refractivity contribution in [3.63, 3.8) is 0 Å². The lowest BCUT2D eigenvalue weighted by Crippen LogP contribution is -1.92. The van der Waals surface area contributed by atoms with E-state index in [1.165, 1.54) is 12.1 Å². The molecule has 0 amide bonds. The van der Waals surface area contributed by atoms with Gasteiger partial charge in [0.15, 0.2) is 11.6 Å². The maximum Gasteiger partial charge on any atom is 0.167 e. The van der Waals surface area contributed by atoms with E-state index < -0.39 is 5.82 Å². The largest absolute Gasteiger partial charge is 0.454 e. The topological polar surface area (TPSA) is 61.3 Å². The molecule has 4 N–H and O–H groups in total. The van der Waals surface area contributed by atoms with E-state index in [2.05, 4.69) is 0 Å². The quantitative estimate of drug-likeness (QED) is 0.692. The van der Waals surface area contributed by atoms with Gasteiger partial charge in [0.1, 0.15) is 5.75 Å². The van der Waals surface area contributed by atoms with Crippen LogP contribution in [0.4, 0.5) is 15.8 Å². The molecule has 3 nitrogen and oxygen atoms in total. The van der Waals surface area contributed by atoms with E-state index in [0.717, 1.165) is 10.8 Å². The van der Waals surface area contributed by atoms with Gasteiger partial charge in [0.05, 0.1) is 0 Å². The zero-order valence-corrected chi connectivity index (χ0v) is 10.6. The molecular formula is C16H13FN2O. The molecular weight excluding hydrogens is 255 g/mol. The number of nitrogen functional groups attached to an aromatic ring is 2. The third-order valence-corrected chi connectivity index (χ3v) is 3.04. The minimum Gasteiger partial charge on any atom is -0.454 e. The van der Waals surface area contributed by atoms with Gasteiger partial charge >= 0.3 is 0 Å². The summed E-state index contributed by atoms with van der Waals surface area (Å²) in [7, 11) is 0. The molecule has 0 saturated carbocycles. The van der Waals surface area contributed by atoms with Gasteiger partial charge in [0.2, 0.25) is 0 Å². The summed E-state index contributed by atoms with van der Waals surface area (Å²) in [6.07, 6.45) is 0. The fourth-order valence-electron chi connectivity index (χ4n) is 2.08. The lowest BCUT2D eigenvalue weighted by atomic mass is 10.1. The SMILES string of the molecule is Nc1ccc(Oc2cccc3cc(N)ccc23)c(F)c1. The van der Waals surface area contributed by atoms with Crippen LogP contribution in [0.1, 0.15) is 0 Å². The second-order valence-corrected chi connectivity index (χ2v) is 4.53. The van der Waals surface area contributed by atoms with E-state index in [9.17, 15) is 4.39 Å². The number of anilines is 2. The molecule has 100 valence electrons. The van der Waals surface area contributed by atoms with Crippen LogP contribution in [0.25, 0.3) is 10.8 Å². The van der Waals surface area contributed by atoms with Crippen LogP contribution < -0.4 is 16.2 Å². The summed E-state index contributed by atoms with van der Waals surface area (Å²) in [5, 5.41) is 1.82. The van der Waals surface area contributed by atoms with Crippen LogP contribution in [0, 0.1) is 5.82 Å². The number of fused-ring (bicyclic) bond motifs is 1. The second-order valence-electron chi connectivity index (χ2n) is 4.53. The highest BCUT2D eigenvalue weighted by Gasteiger charge is 2.08. The molecule has 0 spiro atoms. The van der Waals surface area contributed by atoms with Crippen LogP contribution in [0.5, 0.6) is 11.5 Å². The molecule has 20 heavy (non-hydrogen) atoms. The Balaban J connectivity index is 2.06. The van der Waals surface area contributed by atoms with Gasteiger partial charge in [0.25, 0.3) is 0 Å². The van der Waals surface area contributed by atoms with Crippen molar-refractivity contribution in [2.75, 3.05) is 11.5 Å². The Morgan fingerprint density at radius 2 is 1.55 bits per heavy atom. The highest BCUT2D eigenvalue weighted by Crippen LogP contribution is 2.32. The molecule has 0 aliphatic heterocycles. The number of nitrogens with two attached hydrogens (primary N) is 2. The maximum atomic E-state index is 13.8. The Labute approximate surface area is 115 Å². The van der Waals surface area contributed by atoms with Crippen molar-refractivity contribution in [3.8, 4) is 11.5 Å². The van der Waals surface area contributed by atoms with Crippen LogP contribution in [-0.2, 0) is 0 Å². The lowest BCUT2D eigenvalue weighted by Gasteiger charge is -2.10. The van der Waals surface area contributed by atoms with Gasteiger partial charge < -0.3 is 16.2 Å². The van der Waals surface area contributed by atoms with Gasteiger partial charge in [-0.2, -0.15) is 0 Å². The van der Waals surface area contributed by atoms with Gasteiger partial charge in [-0.3, -0.25) is 0 Å². The normalized spacial score (nSPS) is 10.7. The molecule has 0 heterocycles. The van der Waals surface area contributed by atoms with Crippen molar-refractivity contribution >= 4 is 22.1 Å². The monoisotopic (exact) mass is 268 g/mol. The van der Waals surface area contributed by atoms with Crippen LogP contribution in [0.2, 0.25) is 0 Å². The standard InChI is InChI=1S/C16H13FN2O/c17-14-9-12(19)5-7-16(14)20-15-3-1-2-10-8-11(18)4-6-13(10)15/h1-9H,18-19H2. The minimum absolute atomic E-state index is 0.142. The Morgan fingerprint density at radius 1 is 0.800 bits per heavy atom. The summed E-state index contributed by atoms with van der Waals surface area (Å²) in [5.41, 5.74) is 12.3. The minimum atomic E-state index is -0.488. The third kappa shape index (κ3) is 2.23. The summed E-state index contributed by atoms with van der Waals surface area (Å²) < 4.78 is 19.4. The van der Waals surface area contributed by atoms with Crippen molar-refractivity contribution in [1.82, 2.24) is 0 Å². The fraction of sp³-hybridized carbons (Fsp3) is 0. The van der Waals surface area contributed by atoms with Crippen LogP contribution in [0.3, 0.4) is 0 Å². The molecule has 3 rings (SSSR count). The van der Waals surface area contributed by atoms with Crippen LogP contribution >= 0.6 is 0 Å². The van der Waals surface area contributed by atoms with Crippen molar-refractivity contribution in [2.45, 2.75) is 0 Å². The smallest absolute Gasteiger partial charge is 0.167 e. The van der Waals surface area contributed by atoms with Crippen LogP contribution in [0.15, 0.2) is 54.6 Å². The fourth-order valence-corrected chi connectivity index (χ4v) is 2.08. The molecule has 3 aromatic carbocycles. The van der Waals surface area contributed by atoms with Gasteiger partial charge in [-0.15, -0.1) is 0 Å². The molecule has 0 saturated heterocycles. The number of benzene rings is 3. The lowest BCUT2D eigenvalue weighted by molar-refractivity contribution is 0.447. The third-order valence-electron chi connectivity index (χ3n) is 3.04. The van der Waals surface area contributed by atoms with E-state index >= 15 is 0 Å². The Kier molecular flexibility index (Phi) is 2.91. The average molecular weight is 268 g/mol. The first-order valence-electron chi connectivity index (χ1n) is 6.14. The van der Waals surface area contributed by atoms with Gasteiger partial charge in [-0.1, -0.05) is 12.1 Å². The predicted molar refractivity (Wildman–Crippen MR) is 79.2 cm³/mol. The van der Waals surface area contributed by atoms with Crippen molar-refractivity contribution in [2.24, 2.45) is 0 Å². The van der Waals surface area contributed by atoms with Gasteiger partial charge in [-0.05, 0) is 41.8 Å². The van der Waals surface area contributed by atoms with Gasteiger partial charge in [0, 0.05) is 22.8 Å². The number of rotatable bonds is 2. The highest BCUT2D eigenvalue weighted by molar-refractivity contribution is 5.90. The number of hydrogen-bond acceptors (Lipinski definition) is 3. The number of hydrogen-bond donors (Lipinski definition) is 2. The summed E-state index contributed by atoms with van der Waals surface area (Å²) in [6.45, 7) is 0. The first-order chi connectivity index (χ1) is 9.63. The number of halogens is 1. The molecule has 3 aromatic rings. The summed E-state index contributed by atoms with van der Waals surface area (Å²) in [4.78, 5) is 0. The Bertz CT molecular complexity index is 787. The Morgan fingerprint density at radius 3 is 2.35 bits per heavy atom. The first kappa shape index (κ1) is 12.3. The van der Waals surface area contributed by atoms with E-state index in [1.807, 2.05) is 24.3 Å². The van der Waals surface area contributed by atoms with E-state index in [4.69, 9.17) is 16.2 Å². The Hall–Kier alpha value is -2.75. The highest BCUT2D eigenvalue weighted by atomic mass is 19.1. The molecule has 0 aromatic heterocycles.